The Morgan fingerprint density at radius 2 is 1.80 bits per heavy atom. The van der Waals surface area contributed by atoms with Crippen molar-refractivity contribution in [1.29, 1.82) is 0 Å². The van der Waals surface area contributed by atoms with Gasteiger partial charge in [0.25, 0.3) is 10.2 Å². The zero-order valence-corrected chi connectivity index (χ0v) is 12.6. The van der Waals surface area contributed by atoms with Crippen LogP contribution in [-0.2, 0) is 19.7 Å². The second-order valence-corrected chi connectivity index (χ2v) is 7.38. The largest absolute Gasteiger partial charge is 0.469 e. The molecule has 0 spiro atoms. The Balaban J connectivity index is 1.94. The topological polar surface area (TPSA) is 92.9 Å². The van der Waals surface area contributed by atoms with Crippen LogP contribution in [0.1, 0.15) is 19.3 Å². The van der Waals surface area contributed by atoms with Crippen molar-refractivity contribution >= 4 is 16.2 Å². The van der Waals surface area contributed by atoms with Crippen LogP contribution in [0.25, 0.3) is 0 Å². The molecule has 0 aliphatic carbocycles. The van der Waals surface area contributed by atoms with E-state index in [0.717, 1.165) is 6.42 Å². The minimum absolute atomic E-state index is 0.179. The van der Waals surface area contributed by atoms with Gasteiger partial charge < -0.3 is 10.5 Å². The number of rotatable bonds is 4. The highest BCUT2D eigenvalue weighted by Crippen LogP contribution is 2.25. The molecule has 7 nitrogen and oxygen atoms in total. The zero-order chi connectivity index (χ0) is 14.8. The number of carbonyl (C=O) groups excluding carboxylic acids is 1. The van der Waals surface area contributed by atoms with Gasteiger partial charge in [-0.15, -0.1) is 0 Å². The Hall–Kier alpha value is -0.700. The maximum Gasteiger partial charge on any atom is 0.308 e. The third-order valence-electron chi connectivity index (χ3n) is 4.22. The van der Waals surface area contributed by atoms with Crippen molar-refractivity contribution in [3.05, 3.63) is 0 Å². The van der Waals surface area contributed by atoms with Gasteiger partial charge in [-0.1, -0.05) is 0 Å². The van der Waals surface area contributed by atoms with Gasteiger partial charge in [0, 0.05) is 26.2 Å². The lowest BCUT2D eigenvalue weighted by atomic mass is 9.99. The maximum absolute atomic E-state index is 12.5. The molecule has 0 amide bonds. The number of carbonyl (C=O) groups is 1. The first-order valence-corrected chi connectivity index (χ1v) is 8.42. The standard InChI is InChI=1S/C12H23N3O4S/c1-19-12(16)11-3-6-14(7-4-11)20(17,18)15-5-2-10(8-13)9-15/h10-11H,2-9,13H2,1H3. The highest BCUT2D eigenvalue weighted by atomic mass is 32.2. The smallest absolute Gasteiger partial charge is 0.308 e. The zero-order valence-electron chi connectivity index (χ0n) is 11.8. The van der Waals surface area contributed by atoms with Gasteiger partial charge in [0.2, 0.25) is 0 Å². The van der Waals surface area contributed by atoms with Crippen LogP contribution in [0.5, 0.6) is 0 Å². The molecule has 0 saturated carbocycles. The van der Waals surface area contributed by atoms with E-state index < -0.39 is 10.2 Å². The molecule has 20 heavy (non-hydrogen) atoms. The number of nitrogens with two attached hydrogens (primary N) is 1. The molecule has 2 saturated heterocycles. The summed E-state index contributed by atoms with van der Waals surface area (Å²) in [5.41, 5.74) is 5.60. The van der Waals surface area contributed by atoms with Crippen LogP contribution in [0.15, 0.2) is 0 Å². The highest BCUT2D eigenvalue weighted by Gasteiger charge is 2.38. The number of piperidine rings is 1. The Bertz CT molecular complexity index is 446. The van der Waals surface area contributed by atoms with E-state index in [-0.39, 0.29) is 17.8 Å². The molecule has 0 aromatic rings. The van der Waals surface area contributed by atoms with Crippen molar-refractivity contribution in [2.45, 2.75) is 19.3 Å². The molecular formula is C12H23N3O4S. The van der Waals surface area contributed by atoms with Gasteiger partial charge in [-0.25, -0.2) is 0 Å². The van der Waals surface area contributed by atoms with E-state index in [1.165, 1.54) is 15.7 Å². The minimum atomic E-state index is -3.40. The van der Waals surface area contributed by atoms with Gasteiger partial charge in [0.15, 0.2) is 0 Å². The normalized spacial score (nSPS) is 26.8. The number of esters is 1. The van der Waals surface area contributed by atoms with Crippen LogP contribution >= 0.6 is 0 Å². The predicted octanol–water partition coefficient (Wildman–Crippen LogP) is -0.603. The van der Waals surface area contributed by atoms with Crippen LogP contribution < -0.4 is 5.73 Å². The maximum atomic E-state index is 12.5. The predicted molar refractivity (Wildman–Crippen MR) is 74.0 cm³/mol. The number of hydrogen-bond donors (Lipinski definition) is 1. The summed E-state index contributed by atoms with van der Waals surface area (Å²) in [6, 6.07) is 0. The number of hydrogen-bond acceptors (Lipinski definition) is 5. The van der Waals surface area contributed by atoms with E-state index in [1.54, 1.807) is 0 Å². The lowest BCUT2D eigenvalue weighted by Crippen LogP contribution is -2.47. The van der Waals surface area contributed by atoms with Gasteiger partial charge in [-0.2, -0.15) is 17.0 Å². The van der Waals surface area contributed by atoms with Crippen molar-refractivity contribution in [3.63, 3.8) is 0 Å². The summed E-state index contributed by atoms with van der Waals surface area (Å²) < 4.78 is 32.7. The number of ether oxygens (including phenoxy) is 1. The molecule has 2 aliphatic heterocycles. The summed E-state index contributed by atoms with van der Waals surface area (Å²) in [7, 11) is -2.04. The third kappa shape index (κ3) is 3.13. The Morgan fingerprint density at radius 3 is 2.30 bits per heavy atom. The molecule has 0 aromatic carbocycles. The second-order valence-electron chi connectivity index (χ2n) is 5.45. The molecule has 0 aromatic heterocycles. The summed E-state index contributed by atoms with van der Waals surface area (Å²) in [5, 5.41) is 0. The van der Waals surface area contributed by atoms with Crippen molar-refractivity contribution < 1.29 is 17.9 Å². The monoisotopic (exact) mass is 305 g/mol. The highest BCUT2D eigenvalue weighted by molar-refractivity contribution is 7.86. The Labute approximate surface area is 120 Å². The van der Waals surface area contributed by atoms with E-state index >= 15 is 0 Å². The van der Waals surface area contributed by atoms with E-state index in [1.807, 2.05) is 0 Å². The Kier molecular flexibility index (Phi) is 5.00. The lowest BCUT2D eigenvalue weighted by molar-refractivity contribution is -0.146. The fourth-order valence-electron chi connectivity index (χ4n) is 2.85. The molecule has 0 bridgehead atoms. The van der Waals surface area contributed by atoms with E-state index in [9.17, 15) is 13.2 Å². The van der Waals surface area contributed by atoms with Crippen LogP contribution in [0, 0.1) is 11.8 Å². The molecule has 2 aliphatic rings. The molecule has 1 unspecified atom stereocenters. The summed E-state index contributed by atoms with van der Waals surface area (Å²) >= 11 is 0. The van der Waals surface area contributed by atoms with Crippen molar-refractivity contribution in [2.75, 3.05) is 39.8 Å². The molecule has 0 radical (unpaired) electrons. The summed E-state index contributed by atoms with van der Waals surface area (Å²) in [6.45, 7) is 2.34. The first-order chi connectivity index (χ1) is 9.48. The quantitative estimate of drug-likeness (QED) is 0.700. The van der Waals surface area contributed by atoms with E-state index in [0.29, 0.717) is 45.6 Å². The van der Waals surface area contributed by atoms with Gasteiger partial charge >= 0.3 is 5.97 Å². The van der Waals surface area contributed by atoms with Crippen LogP contribution in [0.4, 0.5) is 0 Å². The molecule has 2 N–H and O–H groups in total. The van der Waals surface area contributed by atoms with Crippen molar-refractivity contribution in [3.8, 4) is 0 Å². The summed E-state index contributed by atoms with van der Waals surface area (Å²) in [6.07, 6.45) is 1.88. The SMILES string of the molecule is COC(=O)C1CCN(S(=O)(=O)N2CCC(CN)C2)CC1. The number of methoxy groups -OCH3 is 1. The molecular weight excluding hydrogens is 282 g/mol. The second kappa shape index (κ2) is 6.38. The first-order valence-electron chi connectivity index (χ1n) is 7.02. The summed E-state index contributed by atoms with van der Waals surface area (Å²) in [4.78, 5) is 11.4. The first kappa shape index (κ1) is 15.7. The van der Waals surface area contributed by atoms with Gasteiger partial charge in [-0.05, 0) is 31.7 Å². The lowest BCUT2D eigenvalue weighted by Gasteiger charge is -2.32. The fourth-order valence-corrected chi connectivity index (χ4v) is 4.59. The minimum Gasteiger partial charge on any atom is -0.469 e. The molecule has 8 heteroatoms. The van der Waals surface area contributed by atoms with E-state index in [4.69, 9.17) is 10.5 Å². The fraction of sp³-hybridized carbons (Fsp3) is 0.917. The molecule has 2 heterocycles. The van der Waals surface area contributed by atoms with Gasteiger partial charge in [0.05, 0.1) is 13.0 Å². The van der Waals surface area contributed by atoms with Crippen LogP contribution in [-0.4, -0.2) is 62.8 Å². The summed E-state index contributed by atoms with van der Waals surface area (Å²) in [5.74, 6) is -0.161. The molecule has 1 atom stereocenters. The average molecular weight is 305 g/mol. The molecule has 116 valence electrons. The Morgan fingerprint density at radius 1 is 1.20 bits per heavy atom. The molecule has 2 fully saturated rings. The van der Waals surface area contributed by atoms with Crippen molar-refractivity contribution in [1.82, 2.24) is 8.61 Å². The van der Waals surface area contributed by atoms with Gasteiger partial charge in [0.1, 0.15) is 0 Å². The van der Waals surface area contributed by atoms with Crippen LogP contribution in [0.3, 0.4) is 0 Å². The van der Waals surface area contributed by atoms with Gasteiger partial charge in [-0.3, -0.25) is 4.79 Å². The average Bonchev–Trinajstić information content (AvgIpc) is 2.96. The van der Waals surface area contributed by atoms with E-state index in [2.05, 4.69) is 0 Å². The van der Waals surface area contributed by atoms with Crippen LogP contribution in [0.2, 0.25) is 0 Å². The molecule has 2 rings (SSSR count). The number of nitrogens with zero attached hydrogens (tertiary/aromatic N) is 2. The van der Waals surface area contributed by atoms with Crippen molar-refractivity contribution in [2.24, 2.45) is 17.6 Å². The third-order valence-corrected chi connectivity index (χ3v) is 6.22.